The fourth-order valence-electron chi connectivity index (χ4n) is 3.69. The quantitative estimate of drug-likeness (QED) is 0.590. The number of rotatable bonds is 8. The fraction of sp³-hybridized carbons (Fsp3) is 0.650. The first-order valence-corrected chi connectivity index (χ1v) is 11.4. The Balaban J connectivity index is 1.55. The van der Waals surface area contributed by atoms with Crippen LogP contribution in [0.15, 0.2) is 23.1 Å². The van der Waals surface area contributed by atoms with Crippen molar-refractivity contribution in [3.05, 3.63) is 29.3 Å². The van der Waals surface area contributed by atoms with E-state index in [1.54, 1.807) is 19.1 Å². The number of nitrogens with one attached hydrogen (secondary N) is 2. The van der Waals surface area contributed by atoms with Gasteiger partial charge in [0.1, 0.15) is 0 Å². The monoisotopic (exact) mass is 394 g/mol. The van der Waals surface area contributed by atoms with E-state index in [-0.39, 0.29) is 22.9 Å². The van der Waals surface area contributed by atoms with Crippen molar-refractivity contribution in [1.29, 1.82) is 0 Å². The average Bonchev–Trinajstić information content (AvgIpc) is 3.43. The maximum Gasteiger partial charge on any atom is 0.251 e. The first-order valence-electron chi connectivity index (χ1n) is 9.96. The normalized spacial score (nSPS) is 23.2. The lowest BCUT2D eigenvalue weighted by atomic mass is 9.83. The van der Waals surface area contributed by atoms with Crippen molar-refractivity contribution in [2.24, 2.45) is 5.92 Å². The summed E-state index contributed by atoms with van der Waals surface area (Å²) in [4.78, 5) is 12.7. The summed E-state index contributed by atoms with van der Waals surface area (Å²) in [6.45, 7) is 2.33. The number of aryl methyl sites for hydroxylation is 1. The molecule has 2 atom stereocenters. The minimum absolute atomic E-state index is 0.0312. The maximum atomic E-state index is 12.5. The van der Waals surface area contributed by atoms with Crippen LogP contribution in [-0.2, 0) is 10.0 Å². The third kappa shape index (κ3) is 5.53. The number of hydrogen-bond acceptors (Lipinski definition) is 4. The van der Waals surface area contributed by atoms with Crippen molar-refractivity contribution < 1.29 is 18.3 Å². The third-order valence-corrected chi connectivity index (χ3v) is 7.09. The Bertz CT molecular complexity index is 774. The molecule has 7 heteroatoms. The van der Waals surface area contributed by atoms with Crippen molar-refractivity contribution in [3.63, 3.8) is 0 Å². The Morgan fingerprint density at radius 1 is 1.19 bits per heavy atom. The van der Waals surface area contributed by atoms with Gasteiger partial charge in [0, 0.05) is 18.2 Å². The largest absolute Gasteiger partial charge is 0.393 e. The molecule has 0 saturated heterocycles. The van der Waals surface area contributed by atoms with Gasteiger partial charge in [-0.1, -0.05) is 18.9 Å². The second kappa shape index (κ2) is 8.71. The predicted octanol–water partition coefficient (Wildman–Crippen LogP) is 2.50. The van der Waals surface area contributed by atoms with Crippen molar-refractivity contribution in [2.75, 3.05) is 6.54 Å². The smallest absolute Gasteiger partial charge is 0.251 e. The Kier molecular flexibility index (Phi) is 6.55. The van der Waals surface area contributed by atoms with E-state index < -0.39 is 10.0 Å². The summed E-state index contributed by atoms with van der Waals surface area (Å²) < 4.78 is 27.4. The van der Waals surface area contributed by atoms with Crippen LogP contribution in [0.4, 0.5) is 0 Å². The van der Waals surface area contributed by atoms with Gasteiger partial charge in [0.05, 0.1) is 11.0 Å². The Morgan fingerprint density at radius 2 is 1.93 bits per heavy atom. The predicted molar refractivity (Wildman–Crippen MR) is 104 cm³/mol. The van der Waals surface area contributed by atoms with Crippen LogP contribution >= 0.6 is 0 Å². The van der Waals surface area contributed by atoms with E-state index in [2.05, 4.69) is 10.0 Å². The van der Waals surface area contributed by atoms with E-state index in [0.29, 0.717) is 18.0 Å². The van der Waals surface area contributed by atoms with Gasteiger partial charge in [-0.3, -0.25) is 4.79 Å². The molecule has 1 aromatic carbocycles. The molecule has 3 N–H and O–H groups in total. The highest BCUT2D eigenvalue weighted by atomic mass is 32.2. The van der Waals surface area contributed by atoms with Crippen LogP contribution in [0.1, 0.15) is 67.3 Å². The van der Waals surface area contributed by atoms with Crippen LogP contribution in [0.5, 0.6) is 0 Å². The van der Waals surface area contributed by atoms with Gasteiger partial charge in [0.15, 0.2) is 0 Å². The van der Waals surface area contributed by atoms with E-state index >= 15 is 0 Å². The number of carbonyl (C=O) groups is 1. The molecule has 3 rings (SSSR count). The number of aliphatic hydroxyl groups is 1. The highest BCUT2D eigenvalue weighted by Gasteiger charge is 2.28. The first kappa shape index (κ1) is 20.3. The molecule has 1 amide bonds. The van der Waals surface area contributed by atoms with E-state index in [1.165, 1.54) is 12.5 Å². The van der Waals surface area contributed by atoms with Gasteiger partial charge in [0.2, 0.25) is 10.0 Å². The van der Waals surface area contributed by atoms with Gasteiger partial charge in [-0.05, 0) is 69.1 Å². The number of amides is 1. The zero-order valence-electron chi connectivity index (χ0n) is 15.9. The standard InChI is InChI=1S/C20H30N2O4S/c1-14-8-11-17(27(25,26)22-16-9-10-16)13-18(14)20(24)21-12-4-6-15-5-2-3-7-19(15)23/h8,11,13,15-16,19,22-23H,2-7,9-10,12H2,1H3,(H,21,24). The zero-order chi connectivity index (χ0) is 19.4. The molecule has 0 aromatic heterocycles. The van der Waals surface area contributed by atoms with Gasteiger partial charge < -0.3 is 10.4 Å². The molecule has 2 unspecified atom stereocenters. The zero-order valence-corrected chi connectivity index (χ0v) is 16.7. The Morgan fingerprint density at radius 3 is 2.63 bits per heavy atom. The molecule has 0 heterocycles. The molecule has 2 aliphatic carbocycles. The number of sulfonamides is 1. The lowest BCUT2D eigenvalue weighted by Crippen LogP contribution is -2.29. The summed E-state index contributed by atoms with van der Waals surface area (Å²) in [6, 6.07) is 4.71. The summed E-state index contributed by atoms with van der Waals surface area (Å²) in [5, 5.41) is 12.9. The molecule has 1 aromatic rings. The van der Waals surface area contributed by atoms with Gasteiger partial charge in [-0.25, -0.2) is 13.1 Å². The summed E-state index contributed by atoms with van der Waals surface area (Å²) in [5.74, 6) is 0.0829. The second-order valence-electron chi connectivity index (χ2n) is 7.88. The van der Waals surface area contributed by atoms with E-state index in [1.807, 2.05) is 0 Å². The number of benzene rings is 1. The van der Waals surface area contributed by atoms with E-state index in [9.17, 15) is 18.3 Å². The van der Waals surface area contributed by atoms with Gasteiger partial charge in [-0.2, -0.15) is 0 Å². The molecule has 0 bridgehead atoms. The fourth-order valence-corrected chi connectivity index (χ4v) is 5.02. The highest BCUT2D eigenvalue weighted by Crippen LogP contribution is 2.27. The van der Waals surface area contributed by atoms with Crippen molar-refractivity contribution in [2.45, 2.75) is 75.3 Å². The molecule has 0 spiro atoms. The molecule has 150 valence electrons. The average molecular weight is 395 g/mol. The van der Waals surface area contributed by atoms with Crippen molar-refractivity contribution in [3.8, 4) is 0 Å². The molecule has 0 radical (unpaired) electrons. The number of carbonyl (C=O) groups excluding carboxylic acids is 1. The summed E-state index contributed by atoms with van der Waals surface area (Å²) in [7, 11) is -3.57. The van der Waals surface area contributed by atoms with Crippen LogP contribution in [0.25, 0.3) is 0 Å². The number of aliphatic hydroxyl groups excluding tert-OH is 1. The lowest BCUT2D eigenvalue weighted by Gasteiger charge is -2.27. The minimum Gasteiger partial charge on any atom is -0.393 e. The molecule has 2 saturated carbocycles. The van der Waals surface area contributed by atoms with Gasteiger partial charge >= 0.3 is 0 Å². The van der Waals surface area contributed by atoms with Crippen LogP contribution in [0.3, 0.4) is 0 Å². The second-order valence-corrected chi connectivity index (χ2v) is 9.60. The van der Waals surface area contributed by atoms with Crippen LogP contribution < -0.4 is 10.0 Å². The van der Waals surface area contributed by atoms with Crippen molar-refractivity contribution >= 4 is 15.9 Å². The highest BCUT2D eigenvalue weighted by molar-refractivity contribution is 7.89. The van der Waals surface area contributed by atoms with Crippen LogP contribution in [0.2, 0.25) is 0 Å². The Hall–Kier alpha value is -1.44. The number of hydrogen-bond donors (Lipinski definition) is 3. The van der Waals surface area contributed by atoms with Crippen LogP contribution in [-0.4, -0.2) is 38.1 Å². The maximum absolute atomic E-state index is 12.5. The topological polar surface area (TPSA) is 95.5 Å². The molecule has 6 nitrogen and oxygen atoms in total. The molecule has 0 aliphatic heterocycles. The van der Waals surface area contributed by atoms with Gasteiger partial charge in [-0.15, -0.1) is 0 Å². The molecule has 2 aliphatic rings. The summed E-state index contributed by atoms with van der Waals surface area (Å²) in [5.41, 5.74) is 1.15. The lowest BCUT2D eigenvalue weighted by molar-refractivity contribution is 0.0641. The first-order chi connectivity index (χ1) is 12.9. The molecule has 2 fully saturated rings. The summed E-state index contributed by atoms with van der Waals surface area (Å²) in [6.07, 6.45) is 7.45. The Labute approximate surface area is 161 Å². The van der Waals surface area contributed by atoms with Gasteiger partial charge in [0.25, 0.3) is 5.91 Å². The van der Waals surface area contributed by atoms with E-state index in [0.717, 1.165) is 50.5 Å². The third-order valence-electron chi connectivity index (χ3n) is 5.57. The molecule has 27 heavy (non-hydrogen) atoms. The SMILES string of the molecule is Cc1ccc(S(=O)(=O)NC2CC2)cc1C(=O)NCCCC1CCCCC1O. The molecular weight excluding hydrogens is 364 g/mol. The minimum atomic E-state index is -3.57. The van der Waals surface area contributed by atoms with Crippen LogP contribution in [0, 0.1) is 12.8 Å². The van der Waals surface area contributed by atoms with Crippen molar-refractivity contribution in [1.82, 2.24) is 10.0 Å². The van der Waals surface area contributed by atoms with E-state index in [4.69, 9.17) is 0 Å². The summed E-state index contributed by atoms with van der Waals surface area (Å²) >= 11 is 0. The molecular formula is C20H30N2O4S.